The average Bonchev–Trinajstić information content (AvgIpc) is 3.47. The Labute approximate surface area is 350 Å². The summed E-state index contributed by atoms with van der Waals surface area (Å²) in [6.45, 7) is 13.1. The Kier molecular flexibility index (Phi) is 11.6. The molecule has 4 aromatic carbocycles. The molecule has 0 spiro atoms. The summed E-state index contributed by atoms with van der Waals surface area (Å²) in [5.74, 6) is 2.69. The van der Waals surface area contributed by atoms with Crippen LogP contribution in [-0.4, -0.2) is 24.5 Å². The molecule has 9 heteroatoms. The molecule has 8 rings (SSSR count). The predicted octanol–water partition coefficient (Wildman–Crippen LogP) is 11.1. The van der Waals surface area contributed by atoms with E-state index in [1.165, 1.54) is 0 Å². The fourth-order valence-corrected chi connectivity index (χ4v) is 6.17. The maximum Gasteiger partial charge on any atom is 2.00 e. The smallest absolute Gasteiger partial charge is 0.503 e. The standard InChI is InChI=1S/C46H37N5O2.2Pt/c1-45(2,3)32-22-30(40-12-7-9-18-47-40)24-36(26-32)52-34-14-16-38-39-17-15-35(29-43(39)51(42(38)28-34)44-49-20-11-21-50-44)53-37-25-31(41-13-8-10-19-48-41)23-33(27-37)46(4,5)6;;/h7-23,26-27H,1-6H3;;/q-4;2*+2. The number of aromatic nitrogens is 5. The number of benzene rings is 4. The number of hydrogen-bond donors (Lipinski definition) is 0. The number of fused-ring (bicyclic) bond motifs is 3. The first-order valence-corrected chi connectivity index (χ1v) is 17.5. The monoisotopic (exact) mass is 1080 g/mol. The first-order valence-electron chi connectivity index (χ1n) is 17.5. The van der Waals surface area contributed by atoms with Gasteiger partial charge in [-0.15, -0.1) is 58.7 Å². The first kappa shape index (κ1) is 39.7. The first-order chi connectivity index (χ1) is 25.5. The second kappa shape index (κ2) is 16.0. The van der Waals surface area contributed by atoms with Crippen LogP contribution in [0, 0.1) is 24.3 Å². The summed E-state index contributed by atoms with van der Waals surface area (Å²) >= 11 is 0. The number of hydrogen-bond acceptors (Lipinski definition) is 6. The summed E-state index contributed by atoms with van der Waals surface area (Å²) in [6.07, 6.45) is 7.01. The summed E-state index contributed by atoms with van der Waals surface area (Å²) in [4.78, 5) is 18.4. The van der Waals surface area contributed by atoms with Crippen molar-refractivity contribution < 1.29 is 51.6 Å². The van der Waals surface area contributed by atoms with Crippen LogP contribution in [-0.2, 0) is 53.0 Å². The van der Waals surface area contributed by atoms with Crippen molar-refractivity contribution in [1.29, 1.82) is 0 Å². The van der Waals surface area contributed by atoms with Gasteiger partial charge in [0.25, 0.3) is 0 Å². The van der Waals surface area contributed by atoms with Gasteiger partial charge in [0.2, 0.25) is 5.95 Å². The average molecular weight is 1080 g/mol. The van der Waals surface area contributed by atoms with Crippen LogP contribution >= 0.6 is 0 Å². The van der Waals surface area contributed by atoms with E-state index in [1.54, 1.807) is 30.9 Å². The van der Waals surface area contributed by atoms with Gasteiger partial charge in [-0.25, -0.2) is 9.97 Å². The SMILES string of the molecule is CC(C)(C)c1cc(Oc2[c-]c3c(cc2)c2ccc(Oc4[c-]c(-c5ccccn5)cc(C(C)(C)C)c4)[c-]c2n3-c2ncccn2)[c-]c(-c2ccccn2)c1.[Pt+2].[Pt+2]. The van der Waals surface area contributed by atoms with Crippen LogP contribution in [0.3, 0.4) is 0 Å². The second-order valence-corrected chi connectivity index (χ2v) is 15.0. The molecule has 0 unspecified atom stereocenters. The van der Waals surface area contributed by atoms with Gasteiger partial charge in [0.05, 0.1) is 0 Å². The fraction of sp³-hybridized carbons (Fsp3) is 0.174. The molecule has 0 saturated carbocycles. The predicted molar refractivity (Wildman–Crippen MR) is 209 cm³/mol. The molecule has 0 bridgehead atoms. The molecule has 8 aromatic rings. The second-order valence-electron chi connectivity index (χ2n) is 15.0. The molecule has 4 aromatic heterocycles. The van der Waals surface area contributed by atoms with Crippen molar-refractivity contribution >= 4 is 21.8 Å². The Morgan fingerprint density at radius 1 is 0.473 bits per heavy atom. The molecule has 0 N–H and O–H groups in total. The molecule has 0 atom stereocenters. The number of nitrogens with zero attached hydrogens (tertiary/aromatic N) is 5. The van der Waals surface area contributed by atoms with Gasteiger partial charge in [0.1, 0.15) is 0 Å². The minimum atomic E-state index is -0.122. The number of rotatable bonds is 7. The Morgan fingerprint density at radius 3 is 1.31 bits per heavy atom. The number of ether oxygens (including phenoxy) is 2. The van der Waals surface area contributed by atoms with Gasteiger partial charge < -0.3 is 24.0 Å². The van der Waals surface area contributed by atoms with Crippen LogP contribution < -0.4 is 9.47 Å². The number of pyridine rings is 2. The molecule has 0 radical (unpaired) electrons. The molecular formula is C46H37N5O2Pt2. The van der Waals surface area contributed by atoms with E-state index in [0.29, 0.717) is 28.9 Å². The van der Waals surface area contributed by atoms with E-state index < -0.39 is 0 Å². The third-order valence-electron chi connectivity index (χ3n) is 9.03. The minimum absolute atomic E-state index is 0. The molecule has 0 aliphatic carbocycles. The Hall–Kier alpha value is -4.96. The zero-order chi connectivity index (χ0) is 36.7. The summed E-state index contributed by atoms with van der Waals surface area (Å²) in [6, 6.07) is 43.6. The maximum absolute atomic E-state index is 6.52. The molecule has 0 aliphatic rings. The molecule has 7 nitrogen and oxygen atoms in total. The van der Waals surface area contributed by atoms with E-state index in [1.807, 2.05) is 77.4 Å². The van der Waals surface area contributed by atoms with Crippen molar-refractivity contribution in [3.63, 3.8) is 0 Å². The third kappa shape index (κ3) is 8.49. The Bertz CT molecular complexity index is 2420. The molecule has 4 heterocycles. The summed E-state index contributed by atoms with van der Waals surface area (Å²) in [5, 5.41) is 1.89. The van der Waals surface area contributed by atoms with Crippen LogP contribution in [0.2, 0.25) is 0 Å². The molecule has 0 amide bonds. The van der Waals surface area contributed by atoms with E-state index in [0.717, 1.165) is 55.4 Å². The van der Waals surface area contributed by atoms with E-state index in [2.05, 4.69) is 97.9 Å². The summed E-state index contributed by atoms with van der Waals surface area (Å²) < 4.78 is 15.0. The quantitative estimate of drug-likeness (QED) is 0.148. The van der Waals surface area contributed by atoms with Crippen LogP contribution in [0.15, 0.2) is 116 Å². The van der Waals surface area contributed by atoms with Crippen molar-refractivity contribution in [2.75, 3.05) is 0 Å². The van der Waals surface area contributed by atoms with Gasteiger partial charge >= 0.3 is 42.1 Å². The van der Waals surface area contributed by atoms with Crippen LogP contribution in [0.25, 0.3) is 50.3 Å². The van der Waals surface area contributed by atoms with Gasteiger partial charge in [0.15, 0.2) is 0 Å². The molecule has 0 aliphatic heterocycles. The van der Waals surface area contributed by atoms with E-state index in [-0.39, 0.29) is 53.0 Å². The van der Waals surface area contributed by atoms with Crippen LogP contribution in [0.4, 0.5) is 0 Å². The minimum Gasteiger partial charge on any atom is -0.503 e. The van der Waals surface area contributed by atoms with Crippen molar-refractivity contribution in [3.8, 4) is 51.5 Å². The zero-order valence-electron chi connectivity index (χ0n) is 31.2. The zero-order valence-corrected chi connectivity index (χ0v) is 35.7. The van der Waals surface area contributed by atoms with Gasteiger partial charge in [0, 0.05) is 47.8 Å². The van der Waals surface area contributed by atoms with E-state index in [4.69, 9.17) is 9.47 Å². The van der Waals surface area contributed by atoms with Gasteiger partial charge in [-0.05, 0) is 40.4 Å². The van der Waals surface area contributed by atoms with E-state index >= 15 is 0 Å². The fourth-order valence-electron chi connectivity index (χ4n) is 6.17. The molecule has 0 fully saturated rings. The topological polar surface area (TPSA) is 75.0 Å². The maximum atomic E-state index is 6.52. The van der Waals surface area contributed by atoms with Crippen molar-refractivity contribution in [3.05, 3.63) is 151 Å². The molecule has 0 saturated heterocycles. The normalized spacial score (nSPS) is 11.5. The van der Waals surface area contributed by atoms with E-state index in [9.17, 15) is 0 Å². The Balaban J connectivity index is 0.00000257. The molecule has 55 heavy (non-hydrogen) atoms. The van der Waals surface area contributed by atoms with Crippen molar-refractivity contribution in [2.45, 2.75) is 52.4 Å². The third-order valence-corrected chi connectivity index (χ3v) is 9.03. The summed E-state index contributed by atoms with van der Waals surface area (Å²) in [7, 11) is 0. The molecule has 278 valence electrons. The van der Waals surface area contributed by atoms with Gasteiger partial charge in [-0.1, -0.05) is 101 Å². The van der Waals surface area contributed by atoms with Crippen molar-refractivity contribution in [1.82, 2.24) is 24.5 Å². The molecular weight excluding hydrogens is 1040 g/mol. The summed E-state index contributed by atoms with van der Waals surface area (Å²) in [5.41, 5.74) is 6.84. The largest absolute Gasteiger partial charge is 2.00 e. The van der Waals surface area contributed by atoms with Crippen LogP contribution in [0.5, 0.6) is 23.0 Å². The Morgan fingerprint density at radius 2 is 0.909 bits per heavy atom. The van der Waals surface area contributed by atoms with Gasteiger partial charge in [-0.2, -0.15) is 22.9 Å². The van der Waals surface area contributed by atoms with Crippen molar-refractivity contribution in [2.24, 2.45) is 0 Å². The van der Waals surface area contributed by atoms with Crippen LogP contribution in [0.1, 0.15) is 52.7 Å². The van der Waals surface area contributed by atoms with Gasteiger partial charge in [-0.3, -0.25) is 0 Å².